The highest BCUT2D eigenvalue weighted by Crippen LogP contribution is 2.25. The summed E-state index contributed by atoms with van der Waals surface area (Å²) < 4.78 is 11.6. The fourth-order valence-electron chi connectivity index (χ4n) is 2.51. The van der Waals surface area contributed by atoms with Crippen molar-refractivity contribution in [3.05, 3.63) is 42.7 Å². The third-order valence-electron chi connectivity index (χ3n) is 3.84. The van der Waals surface area contributed by atoms with Gasteiger partial charge in [0.05, 0.1) is 12.3 Å². The van der Waals surface area contributed by atoms with E-state index in [0.717, 1.165) is 18.9 Å². The molecule has 0 radical (unpaired) electrons. The van der Waals surface area contributed by atoms with E-state index in [9.17, 15) is 4.79 Å². The van der Waals surface area contributed by atoms with Gasteiger partial charge in [-0.1, -0.05) is 63.6 Å². The Balaban J connectivity index is -0.0000000904. The molecule has 0 saturated carbocycles. The van der Waals surface area contributed by atoms with Crippen LogP contribution in [0, 0.1) is 0 Å². The molecule has 1 rings (SSSR count). The number of carboxylic acids is 1. The number of hydrogen-bond donors (Lipinski definition) is 9. The van der Waals surface area contributed by atoms with Crippen molar-refractivity contribution in [2.75, 3.05) is 52.9 Å². The Bertz CT molecular complexity index is 596. The van der Waals surface area contributed by atoms with Crippen LogP contribution in [-0.2, 0) is 9.53 Å². The summed E-state index contributed by atoms with van der Waals surface area (Å²) in [6, 6.07) is 9.46. The van der Waals surface area contributed by atoms with E-state index in [0.29, 0.717) is 12.2 Å². The van der Waals surface area contributed by atoms with E-state index < -0.39 is 11.8 Å². The van der Waals surface area contributed by atoms with Crippen molar-refractivity contribution in [3.63, 3.8) is 0 Å². The van der Waals surface area contributed by atoms with Crippen molar-refractivity contribution in [2.45, 2.75) is 126 Å². The van der Waals surface area contributed by atoms with Crippen LogP contribution in [0.1, 0.15) is 121 Å². The van der Waals surface area contributed by atoms with Crippen LogP contribution < -0.4 is 4.74 Å². The number of aliphatic carboxylic acids is 1. The van der Waals surface area contributed by atoms with Crippen molar-refractivity contribution in [2.24, 2.45) is 0 Å². The van der Waals surface area contributed by atoms with Crippen molar-refractivity contribution in [3.8, 4) is 5.75 Å². The molecule has 12 nitrogen and oxygen atoms in total. The fourth-order valence-corrected chi connectivity index (χ4v) is 2.51. The van der Waals surface area contributed by atoms with Gasteiger partial charge in [0.15, 0.2) is 0 Å². The van der Waals surface area contributed by atoms with Crippen LogP contribution in [0.2, 0.25) is 0 Å². The van der Waals surface area contributed by atoms with Gasteiger partial charge in [0, 0.05) is 66.2 Å². The number of ether oxygens (including phenoxy) is 2. The normalized spacial score (nSPS) is 9.79. The molecule has 1 unspecified atom stereocenters. The minimum Gasteiger partial charge on any atom is -0.478 e. The molecule has 0 aliphatic heterocycles. The number of unbranched alkanes of at least 4 members (excludes halogenated alkanes) is 6. The van der Waals surface area contributed by atoms with Gasteiger partial charge in [0.25, 0.3) is 0 Å². The standard InChI is InChI=1S/C20H30O4.8C2H6O/c1-3-4-5-6-7-8-12-16-20(2,23-17-15-19(21)22)24-18-13-10-9-11-14-18;8*1-2-3/h9-11,13-15,17H,3-8,12,16H2,1-2H3,(H,21,22);8*3H,2H2,1H3. The lowest BCUT2D eigenvalue weighted by Gasteiger charge is -2.30. The predicted molar refractivity (Wildman–Crippen MR) is 198 cm³/mol. The SMILES string of the molecule is CCCCCCCCCC(C)(OC=CC(=O)O)Oc1ccccc1.CCO.CCO.CCO.CCO.CCO.CCO.CCO.CCO. The molecule has 12 heteroatoms. The second kappa shape index (κ2) is 70.9. The first-order valence-corrected chi connectivity index (χ1v) is 17.1. The van der Waals surface area contributed by atoms with Gasteiger partial charge >= 0.3 is 5.97 Å². The molecular weight excluding hydrogens is 624 g/mol. The van der Waals surface area contributed by atoms with Gasteiger partial charge in [0.1, 0.15) is 5.75 Å². The molecule has 0 aromatic heterocycles. The van der Waals surface area contributed by atoms with Crippen LogP contribution in [0.15, 0.2) is 42.7 Å². The van der Waals surface area contributed by atoms with E-state index in [-0.39, 0.29) is 52.9 Å². The van der Waals surface area contributed by atoms with Crippen LogP contribution in [0.3, 0.4) is 0 Å². The number of benzene rings is 1. The number of aliphatic hydroxyl groups is 8. The average Bonchev–Trinajstić information content (AvgIpc) is 3.00. The summed E-state index contributed by atoms with van der Waals surface area (Å²) in [6.07, 6.45) is 11.3. The van der Waals surface area contributed by atoms with Crippen LogP contribution in [0.5, 0.6) is 5.75 Å². The zero-order chi connectivity index (χ0) is 39.3. The molecule has 1 aromatic carbocycles. The third kappa shape index (κ3) is 104. The fraction of sp³-hybridized carbons (Fsp3) is 0.750. The molecule has 1 atom stereocenters. The number of rotatable bonds is 13. The van der Waals surface area contributed by atoms with Gasteiger partial charge in [-0.15, -0.1) is 0 Å². The first kappa shape index (κ1) is 64.3. The Morgan fingerprint density at radius 3 is 1.21 bits per heavy atom. The van der Waals surface area contributed by atoms with Gasteiger partial charge < -0.3 is 55.4 Å². The summed E-state index contributed by atoms with van der Waals surface area (Å²) in [4.78, 5) is 10.6. The molecule has 0 heterocycles. The molecule has 1 aromatic rings. The predicted octanol–water partition coefficient (Wildman–Crippen LogP) is 5.53. The lowest BCUT2D eigenvalue weighted by molar-refractivity contribution is -0.138. The minimum atomic E-state index is -1.03. The molecule has 9 N–H and O–H groups in total. The highest BCUT2D eigenvalue weighted by Gasteiger charge is 2.26. The van der Waals surface area contributed by atoms with Crippen molar-refractivity contribution in [1.29, 1.82) is 0 Å². The van der Waals surface area contributed by atoms with E-state index >= 15 is 0 Å². The van der Waals surface area contributed by atoms with E-state index in [4.69, 9.17) is 55.4 Å². The Kier molecular flexibility index (Phi) is 94.9. The number of carboxylic acid groups (broad SMARTS) is 1. The average molecular weight is 703 g/mol. The van der Waals surface area contributed by atoms with Crippen LogP contribution in [0.4, 0.5) is 0 Å². The van der Waals surface area contributed by atoms with Crippen LogP contribution in [0.25, 0.3) is 0 Å². The van der Waals surface area contributed by atoms with Crippen molar-refractivity contribution < 1.29 is 60.2 Å². The van der Waals surface area contributed by atoms with Gasteiger partial charge in [-0.2, -0.15) is 0 Å². The van der Waals surface area contributed by atoms with Crippen LogP contribution >= 0.6 is 0 Å². The molecule has 0 saturated heterocycles. The van der Waals surface area contributed by atoms with Gasteiger partial charge in [-0.3, -0.25) is 0 Å². The molecule has 0 fully saturated rings. The Hall–Kier alpha value is -2.29. The molecule has 0 aliphatic rings. The zero-order valence-electron chi connectivity index (χ0n) is 32.1. The molecule has 48 heavy (non-hydrogen) atoms. The second-order valence-electron chi connectivity index (χ2n) is 8.71. The topological polar surface area (TPSA) is 218 Å². The maximum Gasteiger partial charge on any atom is 0.331 e. The number of carbonyl (C=O) groups is 1. The molecule has 294 valence electrons. The lowest BCUT2D eigenvalue weighted by atomic mass is 10.1. The Labute approximate surface area is 293 Å². The van der Waals surface area contributed by atoms with E-state index in [2.05, 4.69) is 6.92 Å². The summed E-state index contributed by atoms with van der Waals surface area (Å²) >= 11 is 0. The van der Waals surface area contributed by atoms with Gasteiger partial charge in [-0.25, -0.2) is 4.79 Å². The first-order valence-electron chi connectivity index (χ1n) is 17.1. The monoisotopic (exact) mass is 703 g/mol. The summed E-state index contributed by atoms with van der Waals surface area (Å²) in [7, 11) is 0. The molecule has 0 amide bonds. The second-order valence-corrected chi connectivity index (χ2v) is 8.71. The largest absolute Gasteiger partial charge is 0.478 e. The highest BCUT2D eigenvalue weighted by atomic mass is 16.7. The molecule has 0 bridgehead atoms. The van der Waals surface area contributed by atoms with Crippen molar-refractivity contribution in [1.82, 2.24) is 0 Å². The number of para-hydroxylation sites is 1. The van der Waals surface area contributed by atoms with Gasteiger partial charge in [0.2, 0.25) is 5.79 Å². The van der Waals surface area contributed by atoms with Crippen molar-refractivity contribution >= 4 is 5.97 Å². The van der Waals surface area contributed by atoms with Crippen LogP contribution in [-0.4, -0.2) is 111 Å². The zero-order valence-corrected chi connectivity index (χ0v) is 32.1. The smallest absolute Gasteiger partial charge is 0.331 e. The Morgan fingerprint density at radius 2 is 0.896 bits per heavy atom. The lowest BCUT2D eigenvalue weighted by Crippen LogP contribution is -2.34. The molecule has 0 aliphatic carbocycles. The molecule has 0 spiro atoms. The Morgan fingerprint density at radius 1 is 0.583 bits per heavy atom. The molecular formula is C36H78O12. The highest BCUT2D eigenvalue weighted by molar-refractivity contribution is 5.79. The van der Waals surface area contributed by atoms with E-state index in [1.165, 1.54) is 38.4 Å². The number of hydrogen-bond acceptors (Lipinski definition) is 11. The summed E-state index contributed by atoms with van der Waals surface area (Å²) in [5, 5.41) is 69.3. The van der Waals surface area contributed by atoms with Gasteiger partial charge in [-0.05, 0) is 73.9 Å². The number of aliphatic hydroxyl groups excluding tert-OH is 8. The maximum absolute atomic E-state index is 10.6. The van der Waals surface area contributed by atoms with E-state index in [1.807, 2.05) is 37.3 Å². The summed E-state index contributed by atoms with van der Waals surface area (Å²) in [5.41, 5.74) is 0. The summed E-state index contributed by atoms with van der Waals surface area (Å²) in [5.74, 6) is -1.18. The maximum atomic E-state index is 10.6. The first-order chi connectivity index (χ1) is 22.9. The van der Waals surface area contributed by atoms with E-state index in [1.54, 1.807) is 55.4 Å². The quantitative estimate of drug-likeness (QED) is 0.0537. The third-order valence-corrected chi connectivity index (χ3v) is 3.84. The minimum absolute atomic E-state index is 0.250. The summed E-state index contributed by atoms with van der Waals surface area (Å²) in [6.45, 7) is 19.5.